The lowest BCUT2D eigenvalue weighted by molar-refractivity contribution is 0.0747. The van der Waals surface area contributed by atoms with Gasteiger partial charge in [0.1, 0.15) is 0 Å². The third kappa shape index (κ3) is 2.67. The molecule has 92 valence electrons. The molecule has 1 aliphatic rings. The molecule has 0 radical (unpaired) electrons. The SMILES string of the molecule is Cc1ccc(C(=O)N(CCN)C2CC2)c(C)c1. The van der Waals surface area contributed by atoms with Gasteiger partial charge in [0.05, 0.1) is 0 Å². The van der Waals surface area contributed by atoms with Gasteiger partial charge in [-0.3, -0.25) is 4.79 Å². The van der Waals surface area contributed by atoms with E-state index < -0.39 is 0 Å². The zero-order valence-corrected chi connectivity index (χ0v) is 10.6. The Morgan fingerprint density at radius 2 is 2.12 bits per heavy atom. The molecule has 0 unspecified atom stereocenters. The number of amides is 1. The zero-order chi connectivity index (χ0) is 12.4. The molecular weight excluding hydrogens is 212 g/mol. The van der Waals surface area contributed by atoms with Gasteiger partial charge >= 0.3 is 0 Å². The second-order valence-electron chi connectivity index (χ2n) is 4.84. The first-order valence-electron chi connectivity index (χ1n) is 6.21. The van der Waals surface area contributed by atoms with Crippen LogP contribution in [0.3, 0.4) is 0 Å². The predicted molar refractivity (Wildman–Crippen MR) is 69.0 cm³/mol. The molecule has 2 rings (SSSR count). The monoisotopic (exact) mass is 232 g/mol. The van der Waals surface area contributed by atoms with Crippen LogP contribution in [0.5, 0.6) is 0 Å². The fourth-order valence-corrected chi connectivity index (χ4v) is 2.18. The van der Waals surface area contributed by atoms with Crippen LogP contribution in [0, 0.1) is 13.8 Å². The minimum absolute atomic E-state index is 0.135. The van der Waals surface area contributed by atoms with Gasteiger partial charge in [-0.15, -0.1) is 0 Å². The van der Waals surface area contributed by atoms with E-state index in [1.807, 2.05) is 30.9 Å². The van der Waals surface area contributed by atoms with Crippen LogP contribution in [-0.4, -0.2) is 29.9 Å². The highest BCUT2D eigenvalue weighted by Gasteiger charge is 2.32. The fraction of sp³-hybridized carbons (Fsp3) is 0.500. The summed E-state index contributed by atoms with van der Waals surface area (Å²) in [6, 6.07) is 6.40. The third-order valence-corrected chi connectivity index (χ3v) is 3.23. The van der Waals surface area contributed by atoms with Crippen LogP contribution >= 0.6 is 0 Å². The maximum Gasteiger partial charge on any atom is 0.254 e. The Morgan fingerprint density at radius 3 is 2.65 bits per heavy atom. The van der Waals surface area contributed by atoms with Gasteiger partial charge in [-0.2, -0.15) is 0 Å². The van der Waals surface area contributed by atoms with Crippen LogP contribution in [0.15, 0.2) is 18.2 Å². The lowest BCUT2D eigenvalue weighted by Gasteiger charge is -2.22. The second-order valence-corrected chi connectivity index (χ2v) is 4.84. The van der Waals surface area contributed by atoms with E-state index in [2.05, 4.69) is 6.07 Å². The molecule has 0 spiro atoms. The standard InChI is InChI=1S/C14H20N2O/c1-10-3-6-13(11(2)9-10)14(17)16(8-7-15)12-4-5-12/h3,6,9,12H,4-5,7-8,15H2,1-2H3. The number of hydrogen-bond donors (Lipinski definition) is 1. The van der Waals surface area contributed by atoms with Crippen LogP contribution in [0.2, 0.25) is 0 Å². The molecule has 0 atom stereocenters. The maximum absolute atomic E-state index is 12.4. The van der Waals surface area contributed by atoms with E-state index in [-0.39, 0.29) is 5.91 Å². The summed E-state index contributed by atoms with van der Waals surface area (Å²) in [7, 11) is 0. The van der Waals surface area contributed by atoms with Crippen LogP contribution < -0.4 is 5.73 Å². The molecule has 1 fully saturated rings. The van der Waals surface area contributed by atoms with Gasteiger partial charge in [0.15, 0.2) is 0 Å². The smallest absolute Gasteiger partial charge is 0.254 e. The molecule has 3 heteroatoms. The molecule has 1 amide bonds. The molecule has 1 saturated carbocycles. The van der Waals surface area contributed by atoms with Gasteiger partial charge in [-0.05, 0) is 38.3 Å². The summed E-state index contributed by atoms with van der Waals surface area (Å²) in [6.07, 6.45) is 2.24. The first-order valence-corrected chi connectivity index (χ1v) is 6.21. The van der Waals surface area contributed by atoms with Crippen molar-refractivity contribution >= 4 is 5.91 Å². The molecule has 2 N–H and O–H groups in total. The summed E-state index contributed by atoms with van der Waals surface area (Å²) in [6.45, 7) is 5.23. The van der Waals surface area contributed by atoms with E-state index in [0.717, 1.165) is 24.0 Å². The van der Waals surface area contributed by atoms with Gasteiger partial charge in [-0.25, -0.2) is 0 Å². The van der Waals surface area contributed by atoms with Crippen molar-refractivity contribution in [3.63, 3.8) is 0 Å². The number of hydrogen-bond acceptors (Lipinski definition) is 2. The van der Waals surface area contributed by atoms with Crippen LogP contribution in [0.1, 0.15) is 34.3 Å². The summed E-state index contributed by atoms with van der Waals surface area (Å²) in [5, 5.41) is 0. The molecule has 0 aromatic heterocycles. The van der Waals surface area contributed by atoms with Crippen molar-refractivity contribution in [2.75, 3.05) is 13.1 Å². The Kier molecular flexibility index (Phi) is 3.48. The Morgan fingerprint density at radius 1 is 1.41 bits per heavy atom. The first-order chi connectivity index (χ1) is 8.13. The molecule has 3 nitrogen and oxygen atoms in total. The Hall–Kier alpha value is -1.35. The topological polar surface area (TPSA) is 46.3 Å². The van der Waals surface area contributed by atoms with E-state index in [4.69, 9.17) is 5.73 Å². The zero-order valence-electron chi connectivity index (χ0n) is 10.6. The maximum atomic E-state index is 12.4. The highest BCUT2D eigenvalue weighted by Crippen LogP contribution is 2.28. The molecule has 1 aromatic rings. The normalized spacial score (nSPS) is 14.8. The molecule has 17 heavy (non-hydrogen) atoms. The quantitative estimate of drug-likeness (QED) is 0.861. The summed E-state index contributed by atoms with van der Waals surface area (Å²) in [5.41, 5.74) is 8.64. The van der Waals surface area contributed by atoms with E-state index >= 15 is 0 Å². The molecule has 0 heterocycles. The summed E-state index contributed by atoms with van der Waals surface area (Å²) < 4.78 is 0. The van der Waals surface area contributed by atoms with Crippen LogP contribution in [0.25, 0.3) is 0 Å². The molecule has 0 bridgehead atoms. The van der Waals surface area contributed by atoms with Crippen molar-refractivity contribution in [3.8, 4) is 0 Å². The number of carbonyl (C=O) groups excluding carboxylic acids is 1. The summed E-state index contributed by atoms with van der Waals surface area (Å²) >= 11 is 0. The Balaban J connectivity index is 2.22. The minimum Gasteiger partial charge on any atom is -0.334 e. The van der Waals surface area contributed by atoms with Gasteiger partial charge in [0.2, 0.25) is 0 Å². The van der Waals surface area contributed by atoms with E-state index in [1.54, 1.807) is 0 Å². The third-order valence-electron chi connectivity index (χ3n) is 3.23. The molecule has 1 aliphatic carbocycles. The number of rotatable bonds is 4. The largest absolute Gasteiger partial charge is 0.334 e. The van der Waals surface area contributed by atoms with Crippen LogP contribution in [0.4, 0.5) is 0 Å². The molecular formula is C14H20N2O. The number of carbonyl (C=O) groups is 1. The number of aryl methyl sites for hydroxylation is 2. The highest BCUT2D eigenvalue weighted by atomic mass is 16.2. The van der Waals surface area contributed by atoms with Crippen molar-refractivity contribution in [2.24, 2.45) is 5.73 Å². The average Bonchev–Trinajstić information content (AvgIpc) is 3.09. The summed E-state index contributed by atoms with van der Waals surface area (Å²) in [4.78, 5) is 14.3. The molecule has 0 saturated heterocycles. The molecule has 1 aromatic carbocycles. The highest BCUT2D eigenvalue weighted by molar-refractivity contribution is 5.96. The predicted octanol–water partition coefficient (Wildman–Crippen LogP) is 1.87. The van der Waals surface area contributed by atoms with E-state index in [0.29, 0.717) is 19.1 Å². The van der Waals surface area contributed by atoms with Crippen molar-refractivity contribution < 1.29 is 4.79 Å². The van der Waals surface area contributed by atoms with E-state index in [9.17, 15) is 4.79 Å². The minimum atomic E-state index is 0.135. The van der Waals surface area contributed by atoms with Crippen molar-refractivity contribution in [3.05, 3.63) is 34.9 Å². The number of nitrogens with two attached hydrogens (primary N) is 1. The van der Waals surface area contributed by atoms with Gasteiger partial charge < -0.3 is 10.6 Å². The lowest BCUT2D eigenvalue weighted by atomic mass is 10.0. The van der Waals surface area contributed by atoms with Crippen molar-refractivity contribution in [1.29, 1.82) is 0 Å². The second kappa shape index (κ2) is 4.88. The molecule has 0 aliphatic heterocycles. The van der Waals surface area contributed by atoms with Gasteiger partial charge in [0.25, 0.3) is 5.91 Å². The average molecular weight is 232 g/mol. The lowest BCUT2D eigenvalue weighted by Crippen LogP contribution is -2.37. The summed E-state index contributed by atoms with van der Waals surface area (Å²) in [5.74, 6) is 0.135. The number of nitrogens with zero attached hydrogens (tertiary/aromatic N) is 1. The van der Waals surface area contributed by atoms with Crippen molar-refractivity contribution in [1.82, 2.24) is 4.90 Å². The van der Waals surface area contributed by atoms with Gasteiger partial charge in [-0.1, -0.05) is 17.7 Å². The fourth-order valence-electron chi connectivity index (χ4n) is 2.18. The van der Waals surface area contributed by atoms with Crippen LogP contribution in [-0.2, 0) is 0 Å². The Labute approximate surface area is 103 Å². The first kappa shape index (κ1) is 12.1. The van der Waals surface area contributed by atoms with Gasteiger partial charge in [0, 0.05) is 24.7 Å². The van der Waals surface area contributed by atoms with Crippen molar-refractivity contribution in [2.45, 2.75) is 32.7 Å². The number of benzene rings is 1. The Bertz CT molecular complexity index is 424. The van der Waals surface area contributed by atoms with E-state index in [1.165, 1.54) is 5.56 Å².